The van der Waals surface area contributed by atoms with Gasteiger partial charge in [0.2, 0.25) is 11.8 Å². The Hall–Kier alpha value is -3.47. The van der Waals surface area contributed by atoms with Gasteiger partial charge in [0.1, 0.15) is 11.8 Å². The smallest absolute Gasteiger partial charge is 0.252 e. The van der Waals surface area contributed by atoms with Crippen molar-refractivity contribution in [3.63, 3.8) is 0 Å². The highest BCUT2D eigenvalue weighted by Gasteiger charge is 2.44. The Morgan fingerprint density at radius 3 is 2.50 bits per heavy atom. The molecule has 9 nitrogen and oxygen atoms in total. The van der Waals surface area contributed by atoms with E-state index in [0.717, 1.165) is 20.8 Å². The predicted molar refractivity (Wildman–Crippen MR) is 167 cm³/mol. The van der Waals surface area contributed by atoms with Crippen molar-refractivity contribution >= 4 is 55.8 Å². The summed E-state index contributed by atoms with van der Waals surface area (Å²) in [5.74, 6) is -0.279. The van der Waals surface area contributed by atoms with Crippen molar-refractivity contribution in [3.05, 3.63) is 64.6 Å². The van der Waals surface area contributed by atoms with Crippen LogP contribution < -0.4 is 25.2 Å². The zero-order chi connectivity index (χ0) is 30.0. The number of rotatable bonds is 7. The number of anilines is 2. The van der Waals surface area contributed by atoms with Crippen molar-refractivity contribution in [2.24, 2.45) is 5.92 Å². The molecule has 3 atom stereocenters. The van der Waals surface area contributed by atoms with Crippen LogP contribution >= 0.6 is 15.9 Å². The molecule has 2 aliphatic rings. The molecule has 3 aromatic carbocycles. The Morgan fingerprint density at radius 1 is 1.10 bits per heavy atom. The second-order valence-electron chi connectivity index (χ2n) is 10.9. The van der Waals surface area contributed by atoms with Crippen LogP contribution in [0, 0.1) is 5.92 Å². The third-order valence-electron chi connectivity index (χ3n) is 8.37. The maximum Gasteiger partial charge on any atom is 0.252 e. The van der Waals surface area contributed by atoms with E-state index in [1.54, 1.807) is 30.9 Å². The number of para-hydroxylation sites is 2. The second-order valence-corrected chi connectivity index (χ2v) is 11.8. The average molecular weight is 638 g/mol. The van der Waals surface area contributed by atoms with Crippen LogP contribution in [0.2, 0.25) is 0 Å². The molecule has 0 spiro atoms. The fourth-order valence-corrected chi connectivity index (χ4v) is 6.21. The first-order chi connectivity index (χ1) is 20.2. The number of benzene rings is 3. The molecule has 0 radical (unpaired) electrons. The Balaban J connectivity index is 1.66. The third-order valence-corrected chi connectivity index (χ3v) is 8.87. The van der Waals surface area contributed by atoms with Gasteiger partial charge in [-0.05, 0) is 74.8 Å². The maximum absolute atomic E-state index is 14.6. The number of halogens is 1. The van der Waals surface area contributed by atoms with Crippen molar-refractivity contribution in [1.29, 1.82) is 0 Å². The lowest BCUT2D eigenvalue weighted by atomic mass is 9.96. The van der Waals surface area contributed by atoms with Crippen LogP contribution in [0.4, 0.5) is 11.4 Å². The van der Waals surface area contributed by atoms with Crippen LogP contribution in [0.25, 0.3) is 10.8 Å². The van der Waals surface area contributed by atoms with E-state index in [9.17, 15) is 14.4 Å². The molecule has 0 aromatic heterocycles. The summed E-state index contributed by atoms with van der Waals surface area (Å²) in [5, 5.41) is 7.85. The molecule has 0 saturated carbocycles. The number of amides is 3. The molecule has 2 N–H and O–H groups in total. The molecule has 3 amide bonds. The third kappa shape index (κ3) is 5.75. The number of likely N-dealkylation sites (N-methyl/N-ethyl adjacent to an activating group) is 1. The number of ether oxygens (including phenoxy) is 2. The largest absolute Gasteiger partial charge is 0.496 e. The first-order valence-corrected chi connectivity index (χ1v) is 15.1. The monoisotopic (exact) mass is 636 g/mol. The molecule has 1 unspecified atom stereocenters. The van der Waals surface area contributed by atoms with E-state index in [1.165, 1.54) is 0 Å². The summed E-state index contributed by atoms with van der Waals surface area (Å²) in [6, 6.07) is 15.2. The number of fused-ring (bicyclic) bond motifs is 2. The van der Waals surface area contributed by atoms with E-state index >= 15 is 0 Å². The van der Waals surface area contributed by atoms with Crippen LogP contribution in [-0.2, 0) is 25.7 Å². The lowest BCUT2D eigenvalue weighted by molar-refractivity contribution is -0.130. The average Bonchev–Trinajstić information content (AvgIpc) is 3.09. The molecule has 222 valence electrons. The van der Waals surface area contributed by atoms with E-state index in [0.29, 0.717) is 43.2 Å². The first kappa shape index (κ1) is 30.0. The summed E-state index contributed by atoms with van der Waals surface area (Å²) < 4.78 is 12.2. The van der Waals surface area contributed by atoms with E-state index in [4.69, 9.17) is 9.47 Å². The van der Waals surface area contributed by atoms with Gasteiger partial charge in [-0.1, -0.05) is 40.2 Å². The number of carbonyl (C=O) groups excluding carboxylic acids is 3. The number of nitrogens with zero attached hydrogens (tertiary/aromatic N) is 2. The fourth-order valence-electron chi connectivity index (χ4n) is 5.83. The summed E-state index contributed by atoms with van der Waals surface area (Å²) >= 11 is 3.55. The summed E-state index contributed by atoms with van der Waals surface area (Å²) in [6.45, 7) is 4.78. The number of carbonyl (C=O) groups is 3. The maximum atomic E-state index is 14.6. The van der Waals surface area contributed by atoms with Crippen molar-refractivity contribution in [2.75, 3.05) is 37.2 Å². The van der Waals surface area contributed by atoms with Gasteiger partial charge in [0.15, 0.2) is 0 Å². The minimum atomic E-state index is -0.986. The summed E-state index contributed by atoms with van der Waals surface area (Å²) in [6.07, 6.45) is 1.22. The molecule has 0 aliphatic carbocycles. The summed E-state index contributed by atoms with van der Waals surface area (Å²) in [4.78, 5) is 45.3. The predicted octanol–water partition coefficient (Wildman–Crippen LogP) is 4.40. The highest BCUT2D eigenvalue weighted by atomic mass is 79.9. The quantitative estimate of drug-likeness (QED) is 0.399. The zero-order valence-electron chi connectivity index (χ0n) is 24.4. The molecule has 0 bridgehead atoms. The van der Waals surface area contributed by atoms with Gasteiger partial charge in [-0.25, -0.2) is 0 Å². The highest BCUT2D eigenvalue weighted by molar-refractivity contribution is 9.10. The van der Waals surface area contributed by atoms with Crippen LogP contribution in [0.1, 0.15) is 32.3 Å². The lowest BCUT2D eigenvalue weighted by Gasteiger charge is -2.35. The van der Waals surface area contributed by atoms with Crippen LogP contribution in [-0.4, -0.2) is 63.2 Å². The first-order valence-electron chi connectivity index (χ1n) is 14.3. The Labute approximate surface area is 254 Å². The molecule has 2 aliphatic heterocycles. The summed E-state index contributed by atoms with van der Waals surface area (Å²) in [7, 11) is 3.30. The topological polar surface area (TPSA) is 100 Å². The van der Waals surface area contributed by atoms with E-state index < -0.39 is 18.1 Å². The molecule has 1 fully saturated rings. The van der Waals surface area contributed by atoms with Gasteiger partial charge >= 0.3 is 0 Å². The molecule has 10 heteroatoms. The van der Waals surface area contributed by atoms with Gasteiger partial charge in [0.05, 0.1) is 37.1 Å². The van der Waals surface area contributed by atoms with Crippen molar-refractivity contribution in [2.45, 2.75) is 51.4 Å². The van der Waals surface area contributed by atoms with E-state index in [1.807, 2.05) is 61.5 Å². The minimum Gasteiger partial charge on any atom is -0.496 e. The van der Waals surface area contributed by atoms with Crippen molar-refractivity contribution < 1.29 is 23.9 Å². The van der Waals surface area contributed by atoms with Gasteiger partial charge in [-0.2, -0.15) is 0 Å². The van der Waals surface area contributed by atoms with Crippen molar-refractivity contribution in [1.82, 2.24) is 10.6 Å². The number of methoxy groups -OCH3 is 1. The van der Waals surface area contributed by atoms with Crippen molar-refractivity contribution in [3.8, 4) is 5.75 Å². The fraction of sp³-hybridized carbons (Fsp3) is 0.406. The second kappa shape index (κ2) is 12.8. The number of hydrogen-bond acceptors (Lipinski definition) is 6. The molecular weight excluding hydrogens is 600 g/mol. The van der Waals surface area contributed by atoms with Crippen LogP contribution in [0.3, 0.4) is 0 Å². The SMILES string of the molecule is CNC(C)C(=O)N[C@@H]1C(=O)N(Cc2c(OC)ccc3cc(Br)ccc23)c2ccccc2N(C(=O)C2CCOCC2)[C@H]1C. The highest BCUT2D eigenvalue weighted by Crippen LogP contribution is 2.40. The molecular formula is C32H37BrN4O5. The van der Waals surface area contributed by atoms with Gasteiger partial charge < -0.3 is 29.9 Å². The van der Waals surface area contributed by atoms with Gasteiger partial charge in [-0.15, -0.1) is 0 Å². The zero-order valence-corrected chi connectivity index (χ0v) is 25.9. The molecule has 2 heterocycles. The standard InChI is InChI=1S/C32H37BrN4O5/c1-19(34-3)30(38)35-29-20(2)37(31(39)21-13-15-42-16-14-21)27-8-6-5-7-26(27)36(32(29)40)18-25-24-11-10-23(33)17-22(24)9-12-28(25)41-4/h5-12,17,19-21,29,34H,13-16,18H2,1-4H3,(H,35,38)/t19?,20-,29-/m0/s1. The molecule has 42 heavy (non-hydrogen) atoms. The van der Waals surface area contributed by atoms with Gasteiger partial charge in [0, 0.05) is 29.2 Å². The Morgan fingerprint density at radius 2 is 1.81 bits per heavy atom. The summed E-state index contributed by atoms with van der Waals surface area (Å²) in [5.41, 5.74) is 2.07. The van der Waals surface area contributed by atoms with E-state index in [2.05, 4.69) is 26.6 Å². The van der Waals surface area contributed by atoms with Crippen LogP contribution in [0.5, 0.6) is 5.75 Å². The normalized spacial score (nSPS) is 20.2. The molecule has 5 rings (SSSR count). The van der Waals surface area contributed by atoms with Gasteiger partial charge in [-0.3, -0.25) is 14.4 Å². The van der Waals surface area contributed by atoms with Crippen LogP contribution in [0.15, 0.2) is 59.1 Å². The minimum absolute atomic E-state index is 0.0681. The number of nitrogens with one attached hydrogen (secondary N) is 2. The van der Waals surface area contributed by atoms with Gasteiger partial charge in [0.25, 0.3) is 5.91 Å². The Bertz CT molecular complexity index is 1490. The lowest BCUT2D eigenvalue weighted by Crippen LogP contribution is -2.60. The molecule has 1 saturated heterocycles. The van der Waals surface area contributed by atoms with E-state index in [-0.39, 0.29) is 30.2 Å². The molecule has 3 aromatic rings. The Kier molecular flexibility index (Phi) is 9.15. The number of hydrogen-bond donors (Lipinski definition) is 2.